The van der Waals surface area contributed by atoms with Gasteiger partial charge in [-0.3, -0.25) is 5.41 Å². The van der Waals surface area contributed by atoms with Crippen molar-refractivity contribution in [1.82, 2.24) is 10.6 Å². The van der Waals surface area contributed by atoms with Gasteiger partial charge < -0.3 is 10.6 Å². The maximum atomic E-state index is 7.23. The molecule has 1 aliphatic rings. The third-order valence-electron chi connectivity index (χ3n) is 2.16. The maximum Gasteiger partial charge on any atom is 0.188 e. The fourth-order valence-corrected chi connectivity index (χ4v) is 1.13. The largest absolute Gasteiger partial charge is 0.355 e. The molecule has 0 radical (unpaired) electrons. The highest BCUT2D eigenvalue weighted by molar-refractivity contribution is 5.78. The Labute approximate surface area is 61.7 Å². The van der Waals surface area contributed by atoms with Crippen LogP contribution in [0.5, 0.6) is 0 Å². The lowest BCUT2D eigenvalue weighted by atomic mass is 10.0. The molecule has 0 aliphatic carbocycles. The van der Waals surface area contributed by atoms with E-state index in [9.17, 15) is 0 Å². The SMILES string of the molecule is CCC(C)C1CNC(=N)N1. The maximum absolute atomic E-state index is 7.23. The standard InChI is InChI=1S/C7H15N3/c1-3-5(2)6-4-9-7(8)10-6/h5-6H,3-4H2,1-2H3,(H3,8,9,10). The predicted molar refractivity (Wildman–Crippen MR) is 42.1 cm³/mol. The molecule has 0 saturated carbocycles. The van der Waals surface area contributed by atoms with Gasteiger partial charge in [-0.1, -0.05) is 20.3 Å². The Morgan fingerprint density at radius 1 is 1.80 bits per heavy atom. The molecule has 3 N–H and O–H groups in total. The van der Waals surface area contributed by atoms with Crippen LogP contribution in [-0.2, 0) is 0 Å². The molecule has 1 saturated heterocycles. The van der Waals surface area contributed by atoms with E-state index in [1.807, 2.05) is 0 Å². The van der Waals surface area contributed by atoms with Gasteiger partial charge in [-0.05, 0) is 5.92 Å². The van der Waals surface area contributed by atoms with E-state index in [0.29, 0.717) is 17.9 Å². The Kier molecular flexibility index (Phi) is 2.14. The molecule has 2 unspecified atom stereocenters. The normalized spacial score (nSPS) is 27.4. The van der Waals surface area contributed by atoms with Crippen molar-refractivity contribution in [2.24, 2.45) is 5.92 Å². The zero-order valence-electron chi connectivity index (χ0n) is 6.57. The summed E-state index contributed by atoms with van der Waals surface area (Å²) in [4.78, 5) is 0. The van der Waals surface area contributed by atoms with Crippen LogP contribution in [0.2, 0.25) is 0 Å². The first-order valence-electron chi connectivity index (χ1n) is 3.83. The molecule has 0 aromatic heterocycles. The molecule has 58 valence electrons. The summed E-state index contributed by atoms with van der Waals surface area (Å²) in [5.41, 5.74) is 0. The first kappa shape index (κ1) is 7.38. The van der Waals surface area contributed by atoms with Gasteiger partial charge in [-0.25, -0.2) is 0 Å². The Hall–Kier alpha value is -0.730. The third-order valence-corrected chi connectivity index (χ3v) is 2.16. The Morgan fingerprint density at radius 2 is 2.50 bits per heavy atom. The van der Waals surface area contributed by atoms with Crippen molar-refractivity contribution < 1.29 is 0 Å². The molecule has 2 atom stereocenters. The number of rotatable bonds is 2. The van der Waals surface area contributed by atoms with Gasteiger partial charge in [0.15, 0.2) is 5.96 Å². The monoisotopic (exact) mass is 141 g/mol. The van der Waals surface area contributed by atoms with Crippen LogP contribution in [0.15, 0.2) is 0 Å². The van der Waals surface area contributed by atoms with Crippen molar-refractivity contribution in [1.29, 1.82) is 5.41 Å². The molecular formula is C7H15N3. The van der Waals surface area contributed by atoms with Gasteiger partial charge in [0.25, 0.3) is 0 Å². The van der Waals surface area contributed by atoms with E-state index in [2.05, 4.69) is 24.5 Å². The van der Waals surface area contributed by atoms with Crippen molar-refractivity contribution in [3.8, 4) is 0 Å². The van der Waals surface area contributed by atoms with E-state index in [0.717, 1.165) is 6.54 Å². The number of hydrogen-bond donors (Lipinski definition) is 3. The van der Waals surface area contributed by atoms with E-state index in [4.69, 9.17) is 5.41 Å². The van der Waals surface area contributed by atoms with Crippen LogP contribution < -0.4 is 10.6 Å². The van der Waals surface area contributed by atoms with Gasteiger partial charge in [0.2, 0.25) is 0 Å². The van der Waals surface area contributed by atoms with Gasteiger partial charge in [-0.2, -0.15) is 0 Å². The number of hydrogen-bond acceptors (Lipinski definition) is 1. The topological polar surface area (TPSA) is 47.9 Å². The van der Waals surface area contributed by atoms with Crippen LogP contribution in [0.25, 0.3) is 0 Å². The second-order valence-electron chi connectivity index (χ2n) is 2.89. The third kappa shape index (κ3) is 1.40. The Bertz CT molecular complexity index is 133. The van der Waals surface area contributed by atoms with Gasteiger partial charge in [-0.15, -0.1) is 0 Å². The molecule has 1 rings (SSSR count). The van der Waals surface area contributed by atoms with Crippen molar-refractivity contribution in [2.75, 3.05) is 6.54 Å². The lowest BCUT2D eigenvalue weighted by Gasteiger charge is -2.15. The van der Waals surface area contributed by atoms with Crippen LogP contribution in [0.3, 0.4) is 0 Å². The van der Waals surface area contributed by atoms with Gasteiger partial charge >= 0.3 is 0 Å². The van der Waals surface area contributed by atoms with Crippen molar-refractivity contribution >= 4 is 5.96 Å². The molecule has 0 aromatic rings. The molecule has 1 heterocycles. The van der Waals surface area contributed by atoms with E-state index >= 15 is 0 Å². The van der Waals surface area contributed by atoms with Gasteiger partial charge in [0, 0.05) is 12.6 Å². The molecule has 0 aromatic carbocycles. The Morgan fingerprint density at radius 3 is 2.90 bits per heavy atom. The van der Waals surface area contributed by atoms with Crippen LogP contribution in [0.4, 0.5) is 0 Å². The highest BCUT2D eigenvalue weighted by atomic mass is 15.2. The summed E-state index contributed by atoms with van der Waals surface area (Å²) >= 11 is 0. The molecule has 1 fully saturated rings. The minimum Gasteiger partial charge on any atom is -0.355 e. The fourth-order valence-electron chi connectivity index (χ4n) is 1.13. The van der Waals surface area contributed by atoms with Crippen LogP contribution in [0.1, 0.15) is 20.3 Å². The van der Waals surface area contributed by atoms with Crippen LogP contribution >= 0.6 is 0 Å². The molecule has 3 nitrogen and oxygen atoms in total. The predicted octanol–water partition coefficient (Wildman–Crippen LogP) is 0.529. The van der Waals surface area contributed by atoms with Crippen molar-refractivity contribution in [3.63, 3.8) is 0 Å². The first-order valence-corrected chi connectivity index (χ1v) is 3.83. The summed E-state index contributed by atoms with van der Waals surface area (Å²) < 4.78 is 0. The number of nitrogens with one attached hydrogen (secondary N) is 3. The quantitative estimate of drug-likeness (QED) is 0.525. The van der Waals surface area contributed by atoms with Crippen LogP contribution in [0, 0.1) is 11.3 Å². The molecule has 0 spiro atoms. The number of guanidine groups is 1. The average Bonchev–Trinajstić information content (AvgIpc) is 2.34. The van der Waals surface area contributed by atoms with Crippen molar-refractivity contribution in [2.45, 2.75) is 26.3 Å². The minimum atomic E-state index is 0.470. The summed E-state index contributed by atoms with van der Waals surface area (Å²) in [6.45, 7) is 5.29. The average molecular weight is 141 g/mol. The lowest BCUT2D eigenvalue weighted by molar-refractivity contribution is 0.434. The molecule has 1 aliphatic heterocycles. The molecule has 3 heteroatoms. The summed E-state index contributed by atoms with van der Waals surface area (Å²) in [6.07, 6.45) is 1.17. The summed E-state index contributed by atoms with van der Waals surface area (Å²) in [6, 6.07) is 0.470. The fraction of sp³-hybridized carbons (Fsp3) is 0.857. The van der Waals surface area contributed by atoms with Crippen molar-refractivity contribution in [3.05, 3.63) is 0 Å². The highest BCUT2D eigenvalue weighted by Gasteiger charge is 2.21. The second kappa shape index (κ2) is 2.90. The molecule has 0 bridgehead atoms. The van der Waals surface area contributed by atoms with E-state index in [1.54, 1.807) is 0 Å². The first-order chi connectivity index (χ1) is 4.74. The van der Waals surface area contributed by atoms with Gasteiger partial charge in [0.05, 0.1) is 0 Å². The van der Waals surface area contributed by atoms with Crippen LogP contribution in [-0.4, -0.2) is 18.5 Å². The molecular weight excluding hydrogens is 126 g/mol. The lowest BCUT2D eigenvalue weighted by Crippen LogP contribution is -2.32. The highest BCUT2D eigenvalue weighted by Crippen LogP contribution is 2.08. The van der Waals surface area contributed by atoms with E-state index < -0.39 is 0 Å². The van der Waals surface area contributed by atoms with Gasteiger partial charge in [0.1, 0.15) is 0 Å². The summed E-state index contributed by atoms with van der Waals surface area (Å²) in [7, 11) is 0. The molecule has 10 heavy (non-hydrogen) atoms. The minimum absolute atomic E-state index is 0.470. The molecule has 0 amide bonds. The second-order valence-corrected chi connectivity index (χ2v) is 2.89. The summed E-state index contributed by atoms with van der Waals surface area (Å²) in [5, 5.41) is 13.3. The zero-order valence-corrected chi connectivity index (χ0v) is 6.57. The zero-order chi connectivity index (χ0) is 7.56. The summed E-state index contributed by atoms with van der Waals surface area (Å²) in [5.74, 6) is 1.14. The Balaban J connectivity index is 2.36. The van der Waals surface area contributed by atoms with E-state index in [-0.39, 0.29) is 0 Å². The smallest absolute Gasteiger partial charge is 0.188 e. The van der Waals surface area contributed by atoms with E-state index in [1.165, 1.54) is 6.42 Å².